The molecule has 0 unspecified atom stereocenters. The zero-order chi connectivity index (χ0) is 12.0. The van der Waals surface area contributed by atoms with Gasteiger partial charge in [-0.3, -0.25) is 14.9 Å². The molecule has 4 N–H and O–H groups in total. The van der Waals surface area contributed by atoms with Crippen LogP contribution in [0.2, 0.25) is 0 Å². The van der Waals surface area contributed by atoms with Crippen molar-refractivity contribution in [2.24, 2.45) is 5.73 Å². The Labute approximate surface area is 95.4 Å². The summed E-state index contributed by atoms with van der Waals surface area (Å²) in [6.45, 7) is -0.0632. The number of rotatable bonds is 4. The molecule has 0 aromatic heterocycles. The Hall–Kier alpha value is -1.10. The van der Waals surface area contributed by atoms with E-state index < -0.39 is 17.4 Å². The number of carboxylic acids is 1. The highest BCUT2D eigenvalue weighted by Gasteiger charge is 2.37. The minimum Gasteiger partial charge on any atom is -0.480 e. The maximum absolute atomic E-state index is 11.3. The monoisotopic (exact) mass is 228 g/mol. The van der Waals surface area contributed by atoms with E-state index in [0.29, 0.717) is 12.8 Å². The predicted molar refractivity (Wildman–Crippen MR) is 59.9 cm³/mol. The predicted octanol–water partition coefficient (Wildman–Crippen LogP) is 0.629. The zero-order valence-electron chi connectivity index (χ0n) is 9.50. The summed E-state index contributed by atoms with van der Waals surface area (Å²) in [5.41, 5.74) is 4.10. The van der Waals surface area contributed by atoms with Gasteiger partial charge in [0.1, 0.15) is 5.54 Å². The summed E-state index contributed by atoms with van der Waals surface area (Å²) in [7, 11) is 0. The first-order valence-corrected chi connectivity index (χ1v) is 5.83. The van der Waals surface area contributed by atoms with Crippen LogP contribution in [0.5, 0.6) is 0 Å². The van der Waals surface area contributed by atoms with Crippen molar-refractivity contribution in [2.75, 3.05) is 6.54 Å². The van der Waals surface area contributed by atoms with E-state index in [-0.39, 0.29) is 6.54 Å². The molecule has 0 aliphatic heterocycles. The lowest BCUT2D eigenvalue weighted by molar-refractivity contribution is -0.146. The molecule has 1 aliphatic carbocycles. The molecule has 0 saturated heterocycles. The minimum atomic E-state index is -0.949. The van der Waals surface area contributed by atoms with E-state index in [0.717, 1.165) is 25.7 Å². The summed E-state index contributed by atoms with van der Waals surface area (Å²) in [5.74, 6) is -1.38. The molecule has 0 spiro atoms. The third kappa shape index (κ3) is 3.48. The van der Waals surface area contributed by atoms with Crippen LogP contribution in [-0.4, -0.2) is 29.1 Å². The van der Waals surface area contributed by atoms with Gasteiger partial charge in [-0.1, -0.05) is 32.1 Å². The highest BCUT2D eigenvalue weighted by Crippen LogP contribution is 2.26. The van der Waals surface area contributed by atoms with Crippen LogP contribution in [-0.2, 0) is 9.59 Å². The average molecular weight is 228 g/mol. The lowest BCUT2D eigenvalue weighted by atomic mass is 9.84. The molecule has 5 heteroatoms. The van der Waals surface area contributed by atoms with Gasteiger partial charge in [0.15, 0.2) is 0 Å². The van der Waals surface area contributed by atoms with Crippen LogP contribution >= 0.6 is 0 Å². The SMILES string of the molecule is NC(=O)CNC1(C(=O)O)CCCCCCC1. The number of nitrogens with two attached hydrogens (primary N) is 1. The van der Waals surface area contributed by atoms with Gasteiger partial charge in [0.2, 0.25) is 5.91 Å². The summed E-state index contributed by atoms with van der Waals surface area (Å²) < 4.78 is 0. The van der Waals surface area contributed by atoms with Crippen molar-refractivity contribution >= 4 is 11.9 Å². The molecule has 16 heavy (non-hydrogen) atoms. The van der Waals surface area contributed by atoms with E-state index in [1.54, 1.807) is 0 Å². The van der Waals surface area contributed by atoms with Crippen LogP contribution in [0.4, 0.5) is 0 Å². The highest BCUT2D eigenvalue weighted by atomic mass is 16.4. The number of hydrogen-bond donors (Lipinski definition) is 3. The number of carbonyl (C=O) groups excluding carboxylic acids is 1. The van der Waals surface area contributed by atoms with Gasteiger partial charge in [-0.2, -0.15) is 0 Å². The van der Waals surface area contributed by atoms with E-state index in [4.69, 9.17) is 5.73 Å². The zero-order valence-corrected chi connectivity index (χ0v) is 9.50. The van der Waals surface area contributed by atoms with E-state index >= 15 is 0 Å². The van der Waals surface area contributed by atoms with Gasteiger partial charge in [-0.15, -0.1) is 0 Å². The molecule has 0 bridgehead atoms. The van der Waals surface area contributed by atoms with Gasteiger partial charge >= 0.3 is 5.97 Å². The standard InChI is InChI=1S/C11H20N2O3/c12-9(14)8-13-11(10(15)16)6-4-2-1-3-5-7-11/h13H,1-8H2,(H2,12,14)(H,15,16). The smallest absolute Gasteiger partial charge is 0.323 e. The molecule has 1 rings (SSSR count). The van der Waals surface area contributed by atoms with Crippen LogP contribution in [0, 0.1) is 0 Å². The first-order chi connectivity index (χ1) is 7.57. The lowest BCUT2D eigenvalue weighted by Gasteiger charge is -2.32. The molecule has 1 saturated carbocycles. The normalized spacial score (nSPS) is 20.8. The number of carbonyl (C=O) groups is 2. The number of hydrogen-bond acceptors (Lipinski definition) is 3. The quantitative estimate of drug-likeness (QED) is 0.658. The molecule has 1 amide bonds. The number of amides is 1. The van der Waals surface area contributed by atoms with Gasteiger partial charge in [-0.05, 0) is 12.8 Å². The average Bonchev–Trinajstić information content (AvgIpc) is 2.15. The molecule has 0 aromatic carbocycles. The summed E-state index contributed by atoms with van der Waals surface area (Å²) in [6.07, 6.45) is 6.23. The fourth-order valence-corrected chi connectivity index (χ4v) is 2.23. The second kappa shape index (κ2) is 5.84. The van der Waals surface area contributed by atoms with E-state index in [2.05, 4.69) is 5.32 Å². The first-order valence-electron chi connectivity index (χ1n) is 5.83. The highest BCUT2D eigenvalue weighted by molar-refractivity contribution is 5.81. The Kier molecular flexibility index (Phi) is 4.73. The molecule has 0 radical (unpaired) electrons. The maximum atomic E-state index is 11.3. The molecule has 0 aromatic rings. The van der Waals surface area contributed by atoms with E-state index in [1.807, 2.05) is 0 Å². The fraction of sp³-hybridized carbons (Fsp3) is 0.818. The Balaban J connectivity index is 2.67. The van der Waals surface area contributed by atoms with Crippen LogP contribution in [0.1, 0.15) is 44.9 Å². The third-order valence-electron chi connectivity index (χ3n) is 3.22. The number of nitrogens with one attached hydrogen (secondary N) is 1. The Morgan fingerprint density at radius 2 is 1.62 bits per heavy atom. The van der Waals surface area contributed by atoms with Crippen molar-refractivity contribution in [3.63, 3.8) is 0 Å². The van der Waals surface area contributed by atoms with Gasteiger partial charge < -0.3 is 10.8 Å². The first kappa shape index (κ1) is 13.0. The van der Waals surface area contributed by atoms with Crippen LogP contribution < -0.4 is 11.1 Å². The fourth-order valence-electron chi connectivity index (χ4n) is 2.23. The van der Waals surface area contributed by atoms with Crippen LogP contribution in [0.3, 0.4) is 0 Å². The Morgan fingerprint density at radius 3 is 2.06 bits per heavy atom. The molecule has 92 valence electrons. The summed E-state index contributed by atoms with van der Waals surface area (Å²) in [5, 5.41) is 12.1. The van der Waals surface area contributed by atoms with Crippen molar-refractivity contribution in [1.82, 2.24) is 5.32 Å². The molecular formula is C11H20N2O3. The molecule has 1 aliphatic rings. The minimum absolute atomic E-state index is 0.0632. The van der Waals surface area contributed by atoms with Crippen LogP contribution in [0.15, 0.2) is 0 Å². The second-order valence-electron chi connectivity index (χ2n) is 4.47. The topological polar surface area (TPSA) is 92.4 Å². The lowest BCUT2D eigenvalue weighted by Crippen LogP contribution is -2.54. The van der Waals surface area contributed by atoms with Crippen molar-refractivity contribution in [2.45, 2.75) is 50.5 Å². The van der Waals surface area contributed by atoms with E-state index in [1.165, 1.54) is 6.42 Å². The van der Waals surface area contributed by atoms with Gasteiger partial charge in [-0.25, -0.2) is 0 Å². The van der Waals surface area contributed by atoms with Gasteiger partial charge in [0, 0.05) is 0 Å². The second-order valence-corrected chi connectivity index (χ2v) is 4.47. The number of carboxylic acid groups (broad SMARTS) is 1. The summed E-state index contributed by atoms with van der Waals surface area (Å²) in [6, 6.07) is 0. The largest absolute Gasteiger partial charge is 0.480 e. The number of aliphatic carboxylic acids is 1. The molecular weight excluding hydrogens is 208 g/mol. The maximum Gasteiger partial charge on any atom is 0.323 e. The number of primary amides is 1. The van der Waals surface area contributed by atoms with Crippen molar-refractivity contribution in [1.29, 1.82) is 0 Å². The van der Waals surface area contributed by atoms with Crippen molar-refractivity contribution in [3.8, 4) is 0 Å². The molecule has 0 heterocycles. The van der Waals surface area contributed by atoms with Crippen molar-refractivity contribution < 1.29 is 14.7 Å². The Bertz CT molecular complexity index is 258. The molecule has 5 nitrogen and oxygen atoms in total. The van der Waals surface area contributed by atoms with Crippen molar-refractivity contribution in [3.05, 3.63) is 0 Å². The molecule has 1 fully saturated rings. The summed E-state index contributed by atoms with van der Waals surface area (Å²) in [4.78, 5) is 22.1. The summed E-state index contributed by atoms with van der Waals surface area (Å²) >= 11 is 0. The molecule has 0 atom stereocenters. The third-order valence-corrected chi connectivity index (χ3v) is 3.22. The van der Waals surface area contributed by atoms with Crippen LogP contribution in [0.25, 0.3) is 0 Å². The van der Waals surface area contributed by atoms with E-state index in [9.17, 15) is 14.7 Å². The Morgan fingerprint density at radius 1 is 1.12 bits per heavy atom. The van der Waals surface area contributed by atoms with Gasteiger partial charge in [0.25, 0.3) is 0 Å². The van der Waals surface area contributed by atoms with Gasteiger partial charge in [0.05, 0.1) is 6.54 Å².